The van der Waals surface area contributed by atoms with Crippen LogP contribution in [0, 0.1) is 0 Å². The van der Waals surface area contributed by atoms with Gasteiger partial charge in [-0.25, -0.2) is 0 Å². The van der Waals surface area contributed by atoms with Crippen LogP contribution < -0.4 is 5.32 Å². The Kier molecular flexibility index (Phi) is 2.82. The van der Waals surface area contributed by atoms with Crippen molar-refractivity contribution in [2.24, 2.45) is 0 Å². The molecule has 0 aromatic heterocycles. The average molecular weight is 184 g/mol. The zero-order valence-corrected chi connectivity index (χ0v) is 6.84. The lowest BCUT2D eigenvalue weighted by molar-refractivity contribution is -0.105. The summed E-state index contributed by atoms with van der Waals surface area (Å²) in [5, 5.41) is 2.71. The lowest BCUT2D eigenvalue weighted by Gasteiger charge is -2.03. The first-order chi connectivity index (χ1) is 5.79. The van der Waals surface area contributed by atoms with Gasteiger partial charge >= 0.3 is 0 Å². The second-order valence-electron chi connectivity index (χ2n) is 2.08. The van der Waals surface area contributed by atoms with E-state index in [0.717, 1.165) is 0 Å². The van der Waals surface area contributed by atoms with Crippen molar-refractivity contribution >= 4 is 30.0 Å². The molecule has 0 saturated carbocycles. The van der Waals surface area contributed by atoms with E-state index in [1.54, 1.807) is 18.2 Å². The number of hydrogen-bond donors (Lipinski definition) is 1. The molecule has 4 heteroatoms. The summed E-state index contributed by atoms with van der Waals surface area (Å²) in [6.45, 7) is 0. The van der Waals surface area contributed by atoms with Crippen LogP contribution in [0.3, 0.4) is 0 Å². The summed E-state index contributed by atoms with van der Waals surface area (Å²) in [5.74, 6) is 0. The maximum Gasteiger partial charge on any atom is 0.211 e. The third-order valence-corrected chi connectivity index (χ3v) is 1.69. The van der Waals surface area contributed by atoms with E-state index in [2.05, 4.69) is 5.32 Å². The Hall–Kier alpha value is -1.35. The molecule has 1 aromatic carbocycles. The van der Waals surface area contributed by atoms with E-state index >= 15 is 0 Å². The zero-order valence-electron chi connectivity index (χ0n) is 6.08. The number of carbonyl (C=O) groups is 2. The minimum atomic E-state index is 0.351. The number of rotatable bonds is 3. The van der Waals surface area contributed by atoms with Crippen LogP contribution in [-0.2, 0) is 4.79 Å². The summed E-state index contributed by atoms with van der Waals surface area (Å²) < 4.78 is 0. The van der Waals surface area contributed by atoms with Crippen LogP contribution in [0.15, 0.2) is 18.2 Å². The Labute approximate surface area is 74.3 Å². The summed E-state index contributed by atoms with van der Waals surface area (Å²) in [7, 11) is 0. The van der Waals surface area contributed by atoms with Crippen molar-refractivity contribution < 1.29 is 9.59 Å². The summed E-state index contributed by atoms with van der Waals surface area (Å²) in [6.07, 6.45) is 1.12. The van der Waals surface area contributed by atoms with Gasteiger partial charge in [-0.2, -0.15) is 0 Å². The predicted octanol–water partition coefficient (Wildman–Crippen LogP) is 1.72. The minimum absolute atomic E-state index is 0.351. The third-order valence-electron chi connectivity index (χ3n) is 1.38. The Morgan fingerprint density at radius 3 is 2.67 bits per heavy atom. The van der Waals surface area contributed by atoms with E-state index in [0.29, 0.717) is 29.0 Å². The molecule has 0 unspecified atom stereocenters. The van der Waals surface area contributed by atoms with Gasteiger partial charge in [-0.05, 0) is 12.1 Å². The lowest BCUT2D eigenvalue weighted by Crippen LogP contribution is -1.98. The van der Waals surface area contributed by atoms with Gasteiger partial charge in [0.25, 0.3) is 0 Å². The van der Waals surface area contributed by atoms with Crippen molar-refractivity contribution in [3.05, 3.63) is 28.8 Å². The van der Waals surface area contributed by atoms with Crippen LogP contribution in [0.4, 0.5) is 5.69 Å². The molecule has 0 aliphatic carbocycles. The lowest BCUT2D eigenvalue weighted by atomic mass is 10.2. The molecular weight excluding hydrogens is 178 g/mol. The van der Waals surface area contributed by atoms with Gasteiger partial charge in [0.05, 0.1) is 10.7 Å². The Morgan fingerprint density at radius 1 is 1.33 bits per heavy atom. The number of benzene rings is 1. The number of aldehydes is 1. The molecule has 3 nitrogen and oxygen atoms in total. The van der Waals surface area contributed by atoms with Crippen LogP contribution in [0.5, 0.6) is 0 Å². The number of hydrogen-bond acceptors (Lipinski definition) is 2. The van der Waals surface area contributed by atoms with E-state index in [9.17, 15) is 9.59 Å². The first-order valence-corrected chi connectivity index (χ1v) is 3.61. The number of nitrogens with one attached hydrogen (secondary N) is 1. The Morgan fingerprint density at radius 2 is 2.08 bits per heavy atom. The second-order valence-corrected chi connectivity index (χ2v) is 2.49. The second kappa shape index (κ2) is 3.88. The minimum Gasteiger partial charge on any atom is -0.327 e. The number of amides is 1. The summed E-state index contributed by atoms with van der Waals surface area (Å²) in [5.41, 5.74) is 0.721. The average Bonchev–Trinajstić information content (AvgIpc) is 2.09. The van der Waals surface area contributed by atoms with Gasteiger partial charge in [0.1, 0.15) is 0 Å². The van der Waals surface area contributed by atoms with Crippen molar-refractivity contribution in [3.8, 4) is 0 Å². The van der Waals surface area contributed by atoms with Crippen LogP contribution in [0.1, 0.15) is 10.4 Å². The van der Waals surface area contributed by atoms with Gasteiger partial charge < -0.3 is 5.32 Å². The quantitative estimate of drug-likeness (QED) is 0.726. The molecule has 0 fully saturated rings. The molecule has 0 aliphatic rings. The van der Waals surface area contributed by atoms with Crippen molar-refractivity contribution in [1.82, 2.24) is 0 Å². The molecule has 1 rings (SSSR count). The van der Waals surface area contributed by atoms with E-state index in [-0.39, 0.29) is 0 Å². The summed E-state index contributed by atoms with van der Waals surface area (Å²) >= 11 is 5.71. The maximum atomic E-state index is 10.4. The molecule has 0 spiro atoms. The van der Waals surface area contributed by atoms with E-state index < -0.39 is 0 Å². The highest BCUT2D eigenvalue weighted by Gasteiger charge is 2.03. The van der Waals surface area contributed by atoms with Gasteiger partial charge in [0.15, 0.2) is 6.29 Å². The largest absolute Gasteiger partial charge is 0.327 e. The molecule has 1 aromatic rings. The number of halogens is 1. The first-order valence-electron chi connectivity index (χ1n) is 3.23. The maximum absolute atomic E-state index is 10.4. The fourth-order valence-corrected chi connectivity index (χ4v) is 1.09. The highest BCUT2D eigenvalue weighted by molar-refractivity contribution is 6.34. The van der Waals surface area contributed by atoms with Crippen LogP contribution in [-0.4, -0.2) is 12.7 Å². The van der Waals surface area contributed by atoms with Crippen LogP contribution in [0.25, 0.3) is 0 Å². The smallest absolute Gasteiger partial charge is 0.211 e. The van der Waals surface area contributed by atoms with Crippen LogP contribution >= 0.6 is 11.6 Å². The first kappa shape index (κ1) is 8.74. The fourth-order valence-electron chi connectivity index (χ4n) is 0.850. The van der Waals surface area contributed by atoms with E-state index in [4.69, 9.17) is 11.6 Å². The molecule has 0 saturated heterocycles. The molecule has 0 aliphatic heterocycles. The van der Waals surface area contributed by atoms with Gasteiger partial charge in [-0.3, -0.25) is 9.59 Å². The molecule has 0 atom stereocenters. The van der Waals surface area contributed by atoms with Crippen molar-refractivity contribution in [1.29, 1.82) is 0 Å². The Bertz CT molecular complexity index is 312. The van der Waals surface area contributed by atoms with E-state index in [1.807, 2.05) is 0 Å². The molecule has 1 N–H and O–H groups in total. The summed E-state index contributed by atoms with van der Waals surface area (Å²) in [4.78, 5) is 20.5. The predicted molar refractivity (Wildman–Crippen MR) is 46.5 cm³/mol. The normalized spacial score (nSPS) is 9.08. The van der Waals surface area contributed by atoms with Crippen molar-refractivity contribution in [2.45, 2.75) is 0 Å². The summed E-state index contributed by atoms with van der Waals surface area (Å²) in [6, 6.07) is 4.81. The molecule has 12 heavy (non-hydrogen) atoms. The van der Waals surface area contributed by atoms with Gasteiger partial charge in [0.2, 0.25) is 6.41 Å². The van der Waals surface area contributed by atoms with Crippen molar-refractivity contribution in [2.75, 3.05) is 5.32 Å². The standard InChI is InChI=1S/C8H6ClNO2/c9-7-3-1-2-6(4-11)8(7)10-5-12/h1-5H,(H,10,12). The van der Waals surface area contributed by atoms with Gasteiger partial charge in [-0.15, -0.1) is 0 Å². The zero-order chi connectivity index (χ0) is 8.97. The van der Waals surface area contributed by atoms with Gasteiger partial charge in [-0.1, -0.05) is 17.7 Å². The topological polar surface area (TPSA) is 46.2 Å². The third kappa shape index (κ3) is 1.62. The Balaban J connectivity index is 3.18. The monoisotopic (exact) mass is 183 g/mol. The van der Waals surface area contributed by atoms with Crippen LogP contribution in [0.2, 0.25) is 5.02 Å². The molecular formula is C8H6ClNO2. The van der Waals surface area contributed by atoms with Gasteiger partial charge in [0, 0.05) is 5.56 Å². The number of carbonyl (C=O) groups excluding carboxylic acids is 2. The molecule has 0 heterocycles. The molecule has 0 bridgehead atoms. The fraction of sp³-hybridized carbons (Fsp3) is 0. The SMILES string of the molecule is O=CNc1c(Cl)cccc1C=O. The molecule has 0 radical (unpaired) electrons. The molecule has 62 valence electrons. The highest BCUT2D eigenvalue weighted by atomic mass is 35.5. The van der Waals surface area contributed by atoms with E-state index in [1.165, 1.54) is 0 Å². The number of para-hydroxylation sites is 1. The van der Waals surface area contributed by atoms with Crippen molar-refractivity contribution in [3.63, 3.8) is 0 Å². The molecule has 1 amide bonds. The highest BCUT2D eigenvalue weighted by Crippen LogP contribution is 2.23. The number of anilines is 1.